The van der Waals surface area contributed by atoms with Crippen LogP contribution >= 0.6 is 0 Å². The minimum atomic E-state index is -3.67. The van der Waals surface area contributed by atoms with Gasteiger partial charge in [-0.15, -0.1) is 0 Å². The Kier molecular flexibility index (Phi) is 6.67. The average Bonchev–Trinajstić information content (AvgIpc) is 2.67. The van der Waals surface area contributed by atoms with E-state index >= 15 is 0 Å². The van der Waals surface area contributed by atoms with E-state index < -0.39 is 34.6 Å². The molecule has 1 atom stereocenters. The first-order chi connectivity index (χ1) is 12.7. The maximum Gasteiger partial charge on any atom is 0.340 e. The second kappa shape index (κ2) is 8.76. The van der Waals surface area contributed by atoms with Crippen molar-refractivity contribution in [1.82, 2.24) is 4.72 Å². The largest absolute Gasteiger partial charge is 0.453 e. The van der Waals surface area contributed by atoms with Gasteiger partial charge >= 0.3 is 5.97 Å². The molecule has 0 bridgehead atoms. The molecule has 0 unspecified atom stereocenters. The highest BCUT2D eigenvalue weighted by Gasteiger charge is 2.20. The van der Waals surface area contributed by atoms with E-state index in [0.717, 1.165) is 0 Å². The molecule has 144 valence electrons. The first kappa shape index (κ1) is 20.6. The fourth-order valence-electron chi connectivity index (χ4n) is 2.26. The molecule has 0 fully saturated rings. The molecule has 0 saturated carbocycles. The van der Waals surface area contributed by atoms with E-state index in [1.54, 1.807) is 43.3 Å². The second-order valence-electron chi connectivity index (χ2n) is 5.66. The van der Waals surface area contributed by atoms with Gasteiger partial charge in [0.1, 0.15) is 0 Å². The molecular formula is C18H20N2O6S. The predicted octanol–water partition coefficient (Wildman–Crippen LogP) is 1.12. The smallest absolute Gasteiger partial charge is 0.340 e. The van der Waals surface area contributed by atoms with E-state index in [4.69, 9.17) is 4.74 Å². The van der Waals surface area contributed by atoms with Crippen molar-refractivity contribution in [2.75, 3.05) is 19.0 Å². The molecule has 0 saturated heterocycles. The Balaban J connectivity index is 1.98. The Morgan fingerprint density at radius 2 is 1.81 bits per heavy atom. The van der Waals surface area contributed by atoms with Crippen molar-refractivity contribution < 1.29 is 27.9 Å². The fourth-order valence-corrected chi connectivity index (χ4v) is 3.26. The molecule has 8 nitrogen and oxygen atoms in total. The molecule has 0 aliphatic carbocycles. The van der Waals surface area contributed by atoms with Crippen LogP contribution in [0.25, 0.3) is 0 Å². The lowest BCUT2D eigenvalue weighted by Crippen LogP contribution is -2.24. The summed E-state index contributed by atoms with van der Waals surface area (Å²) in [6.45, 7) is 1.01. The maximum absolute atomic E-state index is 12.0. The Labute approximate surface area is 157 Å². The van der Waals surface area contributed by atoms with Crippen LogP contribution in [0.2, 0.25) is 0 Å². The van der Waals surface area contributed by atoms with Crippen molar-refractivity contribution in [3.05, 3.63) is 59.7 Å². The van der Waals surface area contributed by atoms with Crippen LogP contribution in [-0.2, 0) is 24.3 Å². The summed E-state index contributed by atoms with van der Waals surface area (Å²) in [4.78, 5) is 23.8. The van der Waals surface area contributed by atoms with Crippen molar-refractivity contribution in [2.45, 2.75) is 17.9 Å². The van der Waals surface area contributed by atoms with Gasteiger partial charge in [0, 0.05) is 5.69 Å². The number of carbonyl (C=O) groups excluding carboxylic acids is 2. The summed E-state index contributed by atoms with van der Waals surface area (Å²) in [5.41, 5.74) is 1.10. The summed E-state index contributed by atoms with van der Waals surface area (Å²) in [6.07, 6.45) is -1.49. The Hall–Kier alpha value is -2.75. The first-order valence-electron chi connectivity index (χ1n) is 7.98. The number of hydrogen-bond donors (Lipinski definition) is 3. The minimum Gasteiger partial charge on any atom is -0.453 e. The van der Waals surface area contributed by atoms with Crippen LogP contribution < -0.4 is 10.0 Å². The second-order valence-corrected chi connectivity index (χ2v) is 7.51. The lowest BCUT2D eigenvalue weighted by molar-refractivity contribution is -0.156. The number of carbonyl (C=O) groups is 2. The van der Waals surface area contributed by atoms with Crippen LogP contribution in [0.15, 0.2) is 53.4 Å². The average molecular weight is 392 g/mol. The molecule has 2 aromatic carbocycles. The quantitative estimate of drug-likeness (QED) is 0.607. The minimum absolute atomic E-state index is 0.0271. The van der Waals surface area contributed by atoms with Gasteiger partial charge in [0.05, 0.1) is 4.90 Å². The standard InChI is InChI=1S/C18H20N2O6S/c1-12-8-9-14(10-15(12)27(24,25)19-2)20-16(21)11-26-18(23)17(22)13-6-4-3-5-7-13/h3-10,17,19,22H,11H2,1-2H3,(H,20,21)/t17-/m0/s1. The van der Waals surface area contributed by atoms with E-state index in [1.807, 2.05) is 0 Å². The Morgan fingerprint density at radius 3 is 2.44 bits per heavy atom. The van der Waals surface area contributed by atoms with Crippen LogP contribution in [0.5, 0.6) is 0 Å². The number of benzene rings is 2. The summed E-state index contributed by atoms with van der Waals surface area (Å²) in [5.74, 6) is -1.63. The van der Waals surface area contributed by atoms with Crippen LogP contribution in [0.1, 0.15) is 17.2 Å². The maximum atomic E-state index is 12.0. The molecule has 0 aliphatic heterocycles. The van der Waals surface area contributed by atoms with Gasteiger partial charge in [-0.1, -0.05) is 36.4 Å². The predicted molar refractivity (Wildman–Crippen MR) is 98.4 cm³/mol. The van der Waals surface area contributed by atoms with Crippen molar-refractivity contribution in [1.29, 1.82) is 0 Å². The Morgan fingerprint density at radius 1 is 1.15 bits per heavy atom. The van der Waals surface area contributed by atoms with E-state index in [9.17, 15) is 23.1 Å². The first-order valence-corrected chi connectivity index (χ1v) is 9.46. The highest BCUT2D eigenvalue weighted by molar-refractivity contribution is 7.89. The van der Waals surface area contributed by atoms with Crippen molar-refractivity contribution in [3.8, 4) is 0 Å². The van der Waals surface area contributed by atoms with Crippen LogP contribution in [0.4, 0.5) is 5.69 Å². The van der Waals surface area contributed by atoms with E-state index in [1.165, 1.54) is 19.2 Å². The zero-order valence-corrected chi connectivity index (χ0v) is 15.6. The van der Waals surface area contributed by atoms with E-state index in [2.05, 4.69) is 10.0 Å². The van der Waals surface area contributed by atoms with Gasteiger partial charge < -0.3 is 15.2 Å². The highest BCUT2D eigenvalue weighted by atomic mass is 32.2. The molecule has 0 aromatic heterocycles. The monoisotopic (exact) mass is 392 g/mol. The fraction of sp³-hybridized carbons (Fsp3) is 0.222. The number of aryl methyl sites for hydroxylation is 1. The zero-order valence-electron chi connectivity index (χ0n) is 14.8. The SMILES string of the molecule is CNS(=O)(=O)c1cc(NC(=O)COC(=O)[C@@H](O)c2ccccc2)ccc1C. The van der Waals surface area contributed by atoms with Crippen LogP contribution in [-0.4, -0.2) is 39.1 Å². The summed E-state index contributed by atoms with van der Waals surface area (Å²) in [6, 6.07) is 12.6. The van der Waals surface area contributed by atoms with E-state index in [0.29, 0.717) is 11.1 Å². The molecule has 0 spiro atoms. The lowest BCUT2D eigenvalue weighted by atomic mass is 10.1. The molecular weight excluding hydrogens is 372 g/mol. The number of rotatable bonds is 7. The van der Waals surface area contributed by atoms with Gasteiger partial charge in [0.2, 0.25) is 10.0 Å². The van der Waals surface area contributed by atoms with Crippen LogP contribution in [0, 0.1) is 6.92 Å². The molecule has 2 rings (SSSR count). The molecule has 0 radical (unpaired) electrons. The third-order valence-corrected chi connectivity index (χ3v) is 5.27. The van der Waals surface area contributed by atoms with Crippen molar-refractivity contribution in [3.63, 3.8) is 0 Å². The molecule has 9 heteroatoms. The van der Waals surface area contributed by atoms with E-state index in [-0.39, 0.29) is 10.6 Å². The molecule has 3 N–H and O–H groups in total. The van der Waals surface area contributed by atoms with Gasteiger partial charge in [-0.25, -0.2) is 17.9 Å². The summed E-state index contributed by atoms with van der Waals surface area (Å²) in [5, 5.41) is 12.3. The number of hydrogen-bond acceptors (Lipinski definition) is 6. The number of sulfonamides is 1. The molecule has 0 aliphatic rings. The van der Waals surface area contributed by atoms with Gasteiger partial charge in [0.15, 0.2) is 12.7 Å². The summed E-state index contributed by atoms with van der Waals surface area (Å²) >= 11 is 0. The van der Waals surface area contributed by atoms with Crippen LogP contribution in [0.3, 0.4) is 0 Å². The van der Waals surface area contributed by atoms with Gasteiger partial charge in [-0.05, 0) is 37.2 Å². The Bertz CT molecular complexity index is 928. The van der Waals surface area contributed by atoms with Crippen molar-refractivity contribution in [2.24, 2.45) is 0 Å². The number of aliphatic hydroxyl groups is 1. The normalized spacial score (nSPS) is 12.3. The summed E-state index contributed by atoms with van der Waals surface area (Å²) in [7, 11) is -2.39. The molecule has 27 heavy (non-hydrogen) atoms. The van der Waals surface area contributed by atoms with Gasteiger partial charge in [-0.2, -0.15) is 0 Å². The highest BCUT2D eigenvalue weighted by Crippen LogP contribution is 2.20. The van der Waals surface area contributed by atoms with Gasteiger partial charge in [-0.3, -0.25) is 4.79 Å². The molecule has 2 aromatic rings. The van der Waals surface area contributed by atoms with Crippen molar-refractivity contribution >= 4 is 27.6 Å². The zero-order chi connectivity index (χ0) is 20.0. The number of aliphatic hydroxyl groups excluding tert-OH is 1. The number of ether oxygens (including phenoxy) is 1. The summed E-state index contributed by atoms with van der Waals surface area (Å²) < 4.78 is 30.9. The lowest BCUT2D eigenvalue weighted by Gasteiger charge is -2.12. The molecule has 0 heterocycles. The number of nitrogens with one attached hydrogen (secondary N) is 2. The number of esters is 1. The number of anilines is 1. The third kappa shape index (κ3) is 5.36. The number of amides is 1. The topological polar surface area (TPSA) is 122 Å². The van der Waals surface area contributed by atoms with Gasteiger partial charge in [0.25, 0.3) is 5.91 Å². The molecule has 1 amide bonds. The third-order valence-electron chi connectivity index (χ3n) is 3.71.